The van der Waals surface area contributed by atoms with Crippen molar-refractivity contribution in [2.75, 3.05) is 5.43 Å². The van der Waals surface area contributed by atoms with Crippen LogP contribution < -0.4 is 5.43 Å². The van der Waals surface area contributed by atoms with Crippen molar-refractivity contribution >= 4 is 17.5 Å². The molecule has 1 amide bonds. The molecule has 2 aromatic heterocycles. The van der Waals surface area contributed by atoms with Crippen LogP contribution in [-0.4, -0.2) is 15.6 Å². The average Bonchev–Trinajstić information content (AvgIpc) is 2.71. The zero-order valence-corrected chi connectivity index (χ0v) is 8.48. The van der Waals surface area contributed by atoms with Crippen LogP contribution in [0, 0.1) is 0 Å². The summed E-state index contributed by atoms with van der Waals surface area (Å²) in [5.74, 6) is -0.288. The van der Waals surface area contributed by atoms with Crippen LogP contribution in [0.2, 0.25) is 5.02 Å². The Morgan fingerprint density at radius 1 is 1.40 bits per heavy atom. The van der Waals surface area contributed by atoms with Gasteiger partial charge in [-0.1, -0.05) is 11.6 Å². The number of hydrogen-bond acceptors (Lipinski definition) is 2. The lowest BCUT2D eigenvalue weighted by atomic mass is 10.3. The van der Waals surface area contributed by atoms with E-state index in [2.05, 4.69) is 10.4 Å². The summed E-state index contributed by atoms with van der Waals surface area (Å²) in [4.78, 5) is 15.5. The topological polar surface area (TPSA) is 46.9 Å². The van der Waals surface area contributed by atoms with Gasteiger partial charge < -0.3 is 0 Å². The van der Waals surface area contributed by atoms with Crippen LogP contribution in [0.25, 0.3) is 0 Å². The number of hydrogen-bond donors (Lipinski definition) is 1. The van der Waals surface area contributed by atoms with Gasteiger partial charge in [0, 0.05) is 24.8 Å². The monoisotopic (exact) mass is 221 g/mol. The molecule has 4 nitrogen and oxygen atoms in total. The largest absolute Gasteiger partial charge is 0.273 e. The normalized spacial score (nSPS) is 9.93. The van der Waals surface area contributed by atoms with Gasteiger partial charge in [-0.25, -0.2) is 0 Å². The van der Waals surface area contributed by atoms with Crippen molar-refractivity contribution in [3.05, 3.63) is 53.6 Å². The van der Waals surface area contributed by atoms with Gasteiger partial charge in [-0.15, -0.1) is 0 Å². The molecule has 0 aliphatic rings. The summed E-state index contributed by atoms with van der Waals surface area (Å²) in [6.45, 7) is 0. The maximum atomic E-state index is 11.7. The number of pyridine rings is 1. The second-order valence-corrected chi connectivity index (χ2v) is 3.29. The van der Waals surface area contributed by atoms with E-state index in [-0.39, 0.29) is 5.91 Å². The van der Waals surface area contributed by atoms with Crippen LogP contribution in [0.15, 0.2) is 43.0 Å². The van der Waals surface area contributed by atoms with E-state index in [1.165, 1.54) is 12.4 Å². The Hall–Kier alpha value is -1.81. The lowest BCUT2D eigenvalue weighted by Crippen LogP contribution is -2.21. The molecule has 5 heteroatoms. The van der Waals surface area contributed by atoms with Crippen molar-refractivity contribution in [1.82, 2.24) is 9.66 Å². The van der Waals surface area contributed by atoms with Crippen molar-refractivity contribution < 1.29 is 4.79 Å². The van der Waals surface area contributed by atoms with E-state index in [0.29, 0.717) is 10.6 Å². The van der Waals surface area contributed by atoms with Crippen molar-refractivity contribution in [2.24, 2.45) is 0 Å². The Bertz CT molecular complexity index is 467. The number of carbonyl (C=O) groups is 1. The first-order chi connectivity index (χ1) is 7.27. The zero-order valence-electron chi connectivity index (χ0n) is 7.72. The van der Waals surface area contributed by atoms with Gasteiger partial charge in [-0.2, -0.15) is 0 Å². The number of carbonyl (C=O) groups excluding carboxylic acids is 1. The van der Waals surface area contributed by atoms with Crippen LogP contribution in [0.4, 0.5) is 0 Å². The Balaban J connectivity index is 2.19. The molecule has 0 bridgehead atoms. The van der Waals surface area contributed by atoms with Crippen LogP contribution in [0.1, 0.15) is 10.4 Å². The van der Waals surface area contributed by atoms with E-state index in [1.54, 1.807) is 23.1 Å². The van der Waals surface area contributed by atoms with Gasteiger partial charge >= 0.3 is 0 Å². The molecule has 2 heterocycles. The molecule has 0 saturated heterocycles. The van der Waals surface area contributed by atoms with Crippen molar-refractivity contribution in [1.29, 1.82) is 0 Å². The number of nitrogens with zero attached hydrogens (tertiary/aromatic N) is 2. The molecular weight excluding hydrogens is 214 g/mol. The SMILES string of the molecule is O=C(Nn1cccc1)c1cnccc1Cl. The van der Waals surface area contributed by atoms with E-state index in [0.717, 1.165) is 0 Å². The molecule has 76 valence electrons. The molecule has 0 spiro atoms. The minimum absolute atomic E-state index is 0.288. The molecule has 0 unspecified atom stereocenters. The summed E-state index contributed by atoms with van der Waals surface area (Å²) < 4.78 is 1.55. The fourth-order valence-electron chi connectivity index (χ4n) is 1.13. The first kappa shape index (κ1) is 9.73. The lowest BCUT2D eigenvalue weighted by Gasteiger charge is -2.06. The molecule has 0 aliphatic heterocycles. The molecule has 1 N–H and O–H groups in total. The summed E-state index contributed by atoms with van der Waals surface area (Å²) in [7, 11) is 0. The maximum Gasteiger partial charge on any atom is 0.273 e. The molecule has 2 aromatic rings. The number of nitrogens with one attached hydrogen (secondary N) is 1. The van der Waals surface area contributed by atoms with Crippen LogP contribution >= 0.6 is 11.6 Å². The third-order valence-corrected chi connectivity index (χ3v) is 2.18. The fraction of sp³-hybridized carbons (Fsp3) is 0. The van der Waals surface area contributed by atoms with Gasteiger partial charge in [0.15, 0.2) is 0 Å². The molecule has 0 aromatic carbocycles. The molecule has 0 atom stereocenters. The molecule has 2 rings (SSSR count). The zero-order chi connectivity index (χ0) is 10.7. The van der Waals surface area contributed by atoms with Crippen LogP contribution in [-0.2, 0) is 0 Å². The Kier molecular flexibility index (Phi) is 2.69. The Morgan fingerprint density at radius 2 is 2.13 bits per heavy atom. The van der Waals surface area contributed by atoms with Crippen molar-refractivity contribution in [2.45, 2.75) is 0 Å². The van der Waals surface area contributed by atoms with Crippen LogP contribution in [0.5, 0.6) is 0 Å². The quantitative estimate of drug-likeness (QED) is 0.842. The molecule has 0 radical (unpaired) electrons. The van der Waals surface area contributed by atoms with Crippen molar-refractivity contribution in [3.63, 3.8) is 0 Å². The molecule has 0 fully saturated rings. The maximum absolute atomic E-state index is 11.7. The Labute approximate surface area is 91.5 Å². The molecule has 0 saturated carbocycles. The van der Waals surface area contributed by atoms with Gasteiger partial charge in [0.1, 0.15) is 0 Å². The summed E-state index contributed by atoms with van der Waals surface area (Å²) in [6, 6.07) is 5.20. The molecule has 0 aliphatic carbocycles. The first-order valence-corrected chi connectivity index (χ1v) is 4.69. The van der Waals surface area contributed by atoms with Crippen molar-refractivity contribution in [3.8, 4) is 0 Å². The van der Waals surface area contributed by atoms with E-state index in [9.17, 15) is 4.79 Å². The lowest BCUT2D eigenvalue weighted by molar-refractivity contribution is 0.101. The number of amides is 1. The highest BCUT2D eigenvalue weighted by Crippen LogP contribution is 2.13. The van der Waals surface area contributed by atoms with E-state index >= 15 is 0 Å². The number of aromatic nitrogens is 2. The average molecular weight is 222 g/mol. The minimum atomic E-state index is -0.288. The van der Waals surface area contributed by atoms with E-state index in [1.807, 2.05) is 12.1 Å². The second kappa shape index (κ2) is 4.14. The molecular formula is C10H8ClN3O. The summed E-state index contributed by atoms with van der Waals surface area (Å²) in [6.07, 6.45) is 6.42. The molecule has 15 heavy (non-hydrogen) atoms. The van der Waals surface area contributed by atoms with Gasteiger partial charge in [-0.3, -0.25) is 19.9 Å². The highest BCUT2D eigenvalue weighted by atomic mass is 35.5. The number of rotatable bonds is 2. The predicted octanol–water partition coefficient (Wildman–Crippen LogP) is 1.92. The minimum Gasteiger partial charge on any atom is -0.268 e. The highest BCUT2D eigenvalue weighted by Gasteiger charge is 2.09. The number of halogens is 1. The van der Waals surface area contributed by atoms with Gasteiger partial charge in [0.25, 0.3) is 5.91 Å². The summed E-state index contributed by atoms with van der Waals surface area (Å²) in [5, 5.41) is 0.384. The third-order valence-electron chi connectivity index (χ3n) is 1.85. The predicted molar refractivity (Wildman–Crippen MR) is 57.4 cm³/mol. The van der Waals surface area contributed by atoms with E-state index < -0.39 is 0 Å². The third kappa shape index (κ3) is 2.16. The first-order valence-electron chi connectivity index (χ1n) is 4.31. The standard InChI is InChI=1S/C10H8ClN3O/c11-9-3-4-12-7-8(9)10(15)13-14-5-1-2-6-14/h1-7H,(H,13,15). The van der Waals surface area contributed by atoms with Gasteiger partial charge in [0.05, 0.1) is 10.6 Å². The van der Waals surface area contributed by atoms with Crippen LogP contribution in [0.3, 0.4) is 0 Å². The van der Waals surface area contributed by atoms with E-state index in [4.69, 9.17) is 11.6 Å². The fourth-order valence-corrected chi connectivity index (χ4v) is 1.32. The smallest absolute Gasteiger partial charge is 0.268 e. The highest BCUT2D eigenvalue weighted by molar-refractivity contribution is 6.34. The Morgan fingerprint density at radius 3 is 2.80 bits per heavy atom. The van der Waals surface area contributed by atoms with Gasteiger partial charge in [0.2, 0.25) is 0 Å². The summed E-state index contributed by atoms with van der Waals surface area (Å²) in [5.41, 5.74) is 2.99. The van der Waals surface area contributed by atoms with Gasteiger partial charge in [-0.05, 0) is 18.2 Å². The summed E-state index contributed by atoms with van der Waals surface area (Å²) >= 11 is 5.85. The second-order valence-electron chi connectivity index (χ2n) is 2.89.